The van der Waals surface area contributed by atoms with Gasteiger partial charge in [0.1, 0.15) is 0 Å². The SMILES string of the molecule is CN(C1CC(C(=O)O)C1)S(=O)(=O)C1CCC(C(F)(F)F)CC1. The van der Waals surface area contributed by atoms with Crippen LogP contribution in [0, 0.1) is 11.8 Å². The van der Waals surface area contributed by atoms with Gasteiger partial charge in [-0.05, 0) is 38.5 Å². The molecule has 0 aromatic heterocycles. The van der Waals surface area contributed by atoms with Crippen molar-refractivity contribution in [1.82, 2.24) is 4.31 Å². The largest absolute Gasteiger partial charge is 0.481 e. The Bertz CT molecular complexity index is 520. The minimum Gasteiger partial charge on any atom is -0.481 e. The number of carbonyl (C=O) groups is 1. The fourth-order valence-electron chi connectivity index (χ4n) is 3.22. The zero-order valence-electron chi connectivity index (χ0n) is 12.2. The zero-order valence-corrected chi connectivity index (χ0v) is 13.0. The number of carboxylic acids is 1. The molecule has 0 spiro atoms. The summed E-state index contributed by atoms with van der Waals surface area (Å²) >= 11 is 0. The van der Waals surface area contributed by atoms with Gasteiger partial charge in [-0.25, -0.2) is 12.7 Å². The molecule has 2 fully saturated rings. The summed E-state index contributed by atoms with van der Waals surface area (Å²) in [4.78, 5) is 10.8. The Morgan fingerprint density at radius 2 is 1.64 bits per heavy atom. The second-order valence-electron chi connectivity index (χ2n) is 6.24. The lowest BCUT2D eigenvalue weighted by Gasteiger charge is -2.40. The summed E-state index contributed by atoms with van der Waals surface area (Å²) in [6.45, 7) is 0. The molecule has 2 rings (SSSR count). The van der Waals surface area contributed by atoms with Gasteiger partial charge in [0.15, 0.2) is 0 Å². The Balaban J connectivity index is 1.93. The minimum atomic E-state index is -4.26. The van der Waals surface area contributed by atoms with E-state index in [1.54, 1.807) is 0 Å². The summed E-state index contributed by atoms with van der Waals surface area (Å²) < 4.78 is 63.9. The third-order valence-electron chi connectivity index (χ3n) is 4.94. The topological polar surface area (TPSA) is 74.7 Å². The summed E-state index contributed by atoms with van der Waals surface area (Å²) in [5.74, 6) is -2.87. The summed E-state index contributed by atoms with van der Waals surface area (Å²) in [5, 5.41) is 8.02. The molecule has 0 unspecified atom stereocenters. The van der Waals surface area contributed by atoms with E-state index >= 15 is 0 Å². The van der Waals surface area contributed by atoms with E-state index in [0.717, 1.165) is 0 Å². The fourth-order valence-corrected chi connectivity index (χ4v) is 5.14. The van der Waals surface area contributed by atoms with Crippen molar-refractivity contribution in [2.45, 2.75) is 56.0 Å². The van der Waals surface area contributed by atoms with Crippen molar-refractivity contribution in [1.29, 1.82) is 0 Å². The van der Waals surface area contributed by atoms with Gasteiger partial charge in [-0.2, -0.15) is 13.2 Å². The van der Waals surface area contributed by atoms with E-state index in [2.05, 4.69) is 0 Å². The highest BCUT2D eigenvalue weighted by Crippen LogP contribution is 2.41. The van der Waals surface area contributed by atoms with E-state index in [1.165, 1.54) is 11.4 Å². The summed E-state index contributed by atoms with van der Waals surface area (Å²) in [6, 6.07) is -0.355. The first-order valence-corrected chi connectivity index (χ1v) is 8.80. The highest BCUT2D eigenvalue weighted by molar-refractivity contribution is 7.89. The average molecular weight is 343 g/mol. The fraction of sp³-hybridized carbons (Fsp3) is 0.923. The van der Waals surface area contributed by atoms with Crippen molar-refractivity contribution in [3.8, 4) is 0 Å². The van der Waals surface area contributed by atoms with Gasteiger partial charge in [-0.3, -0.25) is 4.79 Å². The number of rotatable bonds is 4. The van der Waals surface area contributed by atoms with E-state index in [0.29, 0.717) is 0 Å². The van der Waals surface area contributed by atoms with Gasteiger partial charge in [0, 0.05) is 13.1 Å². The summed E-state index contributed by atoms with van der Waals surface area (Å²) in [7, 11) is -2.27. The summed E-state index contributed by atoms with van der Waals surface area (Å²) in [5.41, 5.74) is 0. The maximum absolute atomic E-state index is 12.6. The molecule has 0 aromatic carbocycles. The van der Waals surface area contributed by atoms with Gasteiger partial charge in [-0.1, -0.05) is 0 Å². The van der Waals surface area contributed by atoms with Crippen molar-refractivity contribution in [2.24, 2.45) is 11.8 Å². The van der Waals surface area contributed by atoms with Crippen molar-refractivity contribution in [3.63, 3.8) is 0 Å². The van der Waals surface area contributed by atoms with Crippen LogP contribution in [0.4, 0.5) is 13.2 Å². The molecule has 0 radical (unpaired) electrons. The molecular formula is C13H20F3NO4S. The van der Waals surface area contributed by atoms with Gasteiger partial charge >= 0.3 is 12.1 Å². The second-order valence-corrected chi connectivity index (χ2v) is 8.51. The predicted molar refractivity (Wildman–Crippen MR) is 72.6 cm³/mol. The van der Waals surface area contributed by atoms with Crippen LogP contribution in [0.15, 0.2) is 0 Å². The molecule has 0 atom stereocenters. The van der Waals surface area contributed by atoms with Crippen LogP contribution in [0.3, 0.4) is 0 Å². The van der Waals surface area contributed by atoms with Crippen LogP contribution in [0.25, 0.3) is 0 Å². The number of aliphatic carboxylic acids is 1. The van der Waals surface area contributed by atoms with E-state index < -0.39 is 39.3 Å². The molecule has 0 amide bonds. The lowest BCUT2D eigenvalue weighted by molar-refractivity contribution is -0.181. The number of hydrogen-bond donors (Lipinski definition) is 1. The molecule has 0 saturated heterocycles. The van der Waals surface area contributed by atoms with Gasteiger partial charge in [0.05, 0.1) is 17.1 Å². The first-order chi connectivity index (χ1) is 10.0. The molecule has 0 aromatic rings. The smallest absolute Gasteiger partial charge is 0.391 e. The first-order valence-electron chi connectivity index (χ1n) is 7.30. The molecule has 0 aliphatic heterocycles. The molecule has 128 valence electrons. The summed E-state index contributed by atoms with van der Waals surface area (Å²) in [6.07, 6.45) is -4.04. The molecule has 2 aliphatic carbocycles. The molecule has 9 heteroatoms. The standard InChI is InChI=1S/C13H20F3NO4S/c1-17(10-6-8(7-10)12(18)19)22(20,21)11-4-2-9(3-5-11)13(14,15)16/h8-11H,2-7H2,1H3,(H,18,19). The van der Waals surface area contributed by atoms with Crippen molar-refractivity contribution >= 4 is 16.0 Å². The Kier molecular flexibility index (Phi) is 4.77. The highest BCUT2D eigenvalue weighted by Gasteiger charge is 2.47. The lowest BCUT2D eigenvalue weighted by atomic mass is 9.80. The van der Waals surface area contributed by atoms with Gasteiger partial charge in [0.25, 0.3) is 0 Å². The van der Waals surface area contributed by atoms with Crippen molar-refractivity contribution in [2.75, 3.05) is 7.05 Å². The van der Waals surface area contributed by atoms with E-state index in [1.807, 2.05) is 0 Å². The van der Waals surface area contributed by atoms with Crippen LogP contribution < -0.4 is 0 Å². The molecule has 2 aliphatic rings. The van der Waals surface area contributed by atoms with Crippen LogP contribution in [0.2, 0.25) is 0 Å². The number of hydrogen-bond acceptors (Lipinski definition) is 3. The van der Waals surface area contributed by atoms with Crippen LogP contribution in [-0.4, -0.2) is 48.3 Å². The number of alkyl halides is 3. The van der Waals surface area contributed by atoms with Gasteiger partial charge < -0.3 is 5.11 Å². The Morgan fingerprint density at radius 3 is 2.05 bits per heavy atom. The molecule has 22 heavy (non-hydrogen) atoms. The minimum absolute atomic E-state index is 0.00588. The Morgan fingerprint density at radius 1 is 1.14 bits per heavy atom. The maximum Gasteiger partial charge on any atom is 0.391 e. The van der Waals surface area contributed by atoms with Crippen LogP contribution in [-0.2, 0) is 14.8 Å². The number of halogens is 3. The Labute approximate surface area is 127 Å². The Hall–Kier alpha value is -0.830. The van der Waals surface area contributed by atoms with E-state index in [9.17, 15) is 26.4 Å². The third kappa shape index (κ3) is 3.40. The predicted octanol–water partition coefficient (Wildman–Crippen LogP) is 2.23. The number of sulfonamides is 1. The van der Waals surface area contributed by atoms with Gasteiger partial charge in [0.2, 0.25) is 10.0 Å². The molecule has 1 N–H and O–H groups in total. The molecule has 2 saturated carbocycles. The second kappa shape index (κ2) is 5.99. The van der Waals surface area contributed by atoms with Crippen LogP contribution in [0.1, 0.15) is 38.5 Å². The normalized spacial score (nSPS) is 33.5. The van der Waals surface area contributed by atoms with Crippen molar-refractivity contribution < 1.29 is 31.5 Å². The van der Waals surface area contributed by atoms with E-state index in [-0.39, 0.29) is 44.6 Å². The number of nitrogens with zero attached hydrogens (tertiary/aromatic N) is 1. The zero-order chi connectivity index (χ0) is 16.7. The van der Waals surface area contributed by atoms with Crippen molar-refractivity contribution in [3.05, 3.63) is 0 Å². The monoisotopic (exact) mass is 343 g/mol. The van der Waals surface area contributed by atoms with E-state index in [4.69, 9.17) is 5.11 Å². The molecule has 5 nitrogen and oxygen atoms in total. The quantitative estimate of drug-likeness (QED) is 0.849. The third-order valence-corrected chi connectivity index (χ3v) is 7.35. The average Bonchev–Trinajstić information content (AvgIpc) is 2.35. The first kappa shape index (κ1) is 17.5. The highest BCUT2D eigenvalue weighted by atomic mass is 32.2. The molecular weight excluding hydrogens is 323 g/mol. The molecule has 0 heterocycles. The van der Waals surface area contributed by atoms with Crippen LogP contribution in [0.5, 0.6) is 0 Å². The van der Waals surface area contributed by atoms with Crippen LogP contribution >= 0.6 is 0 Å². The maximum atomic E-state index is 12.6. The number of carboxylic acid groups (broad SMARTS) is 1. The van der Waals surface area contributed by atoms with Gasteiger partial charge in [-0.15, -0.1) is 0 Å². The molecule has 0 bridgehead atoms. The lowest BCUT2D eigenvalue weighted by Crippen LogP contribution is -2.51.